The van der Waals surface area contributed by atoms with Gasteiger partial charge in [0.2, 0.25) is 0 Å². The molecule has 0 spiro atoms. The van der Waals surface area contributed by atoms with Crippen LogP contribution >= 0.6 is 0 Å². The van der Waals surface area contributed by atoms with E-state index >= 15 is 0 Å². The molecule has 88 valence electrons. The molecule has 0 saturated heterocycles. The van der Waals surface area contributed by atoms with Crippen molar-refractivity contribution in [2.45, 2.75) is 45.1 Å². The van der Waals surface area contributed by atoms with E-state index in [1.807, 2.05) is 0 Å². The van der Waals surface area contributed by atoms with Gasteiger partial charge in [-0.25, -0.2) is 0 Å². The molecule has 0 heterocycles. The van der Waals surface area contributed by atoms with Crippen molar-refractivity contribution in [2.75, 3.05) is 7.05 Å². The maximum absolute atomic E-state index is 3.47. The molecule has 0 aliphatic heterocycles. The zero-order chi connectivity index (χ0) is 11.4. The molecule has 1 heteroatoms. The first kappa shape index (κ1) is 11.7. The van der Waals surface area contributed by atoms with Crippen LogP contribution in [0.15, 0.2) is 24.3 Å². The lowest BCUT2D eigenvalue weighted by Crippen LogP contribution is -2.31. The van der Waals surface area contributed by atoms with Crippen molar-refractivity contribution in [3.63, 3.8) is 0 Å². The fourth-order valence-corrected chi connectivity index (χ4v) is 2.56. The van der Waals surface area contributed by atoms with Crippen LogP contribution in [0.4, 0.5) is 0 Å². The number of likely N-dealkylation sites (N-methyl/N-ethyl adjacent to an activating group) is 1. The monoisotopic (exact) mass is 217 g/mol. The lowest BCUT2D eigenvalue weighted by molar-refractivity contribution is 0.263. The van der Waals surface area contributed by atoms with Gasteiger partial charge >= 0.3 is 0 Å². The molecule has 16 heavy (non-hydrogen) atoms. The summed E-state index contributed by atoms with van der Waals surface area (Å²) in [6.07, 6.45) is 6.88. The molecule has 1 unspecified atom stereocenters. The van der Waals surface area contributed by atoms with E-state index in [4.69, 9.17) is 0 Å². The highest BCUT2D eigenvalue weighted by molar-refractivity contribution is 5.23. The van der Waals surface area contributed by atoms with Gasteiger partial charge in [-0.05, 0) is 38.3 Å². The Labute approximate surface area is 99.3 Å². The summed E-state index contributed by atoms with van der Waals surface area (Å²) in [5, 5.41) is 3.47. The highest BCUT2D eigenvalue weighted by Gasteiger charge is 2.21. The summed E-state index contributed by atoms with van der Waals surface area (Å²) in [5.74, 6) is 0.988. The van der Waals surface area contributed by atoms with Gasteiger partial charge in [-0.3, -0.25) is 0 Å². The second-order valence-corrected chi connectivity index (χ2v) is 5.21. The summed E-state index contributed by atoms with van der Waals surface area (Å²) >= 11 is 0. The molecule has 2 rings (SSSR count). The van der Waals surface area contributed by atoms with Crippen LogP contribution in [0.1, 0.15) is 36.8 Å². The maximum Gasteiger partial charge on any atom is 0.0107 e. The van der Waals surface area contributed by atoms with Gasteiger partial charge in [0, 0.05) is 6.04 Å². The molecule has 1 N–H and O–H groups in total. The van der Waals surface area contributed by atoms with Gasteiger partial charge in [0.15, 0.2) is 0 Å². The summed E-state index contributed by atoms with van der Waals surface area (Å²) in [6, 6.07) is 9.56. The van der Waals surface area contributed by atoms with E-state index in [1.165, 1.54) is 43.2 Å². The summed E-state index contributed by atoms with van der Waals surface area (Å²) < 4.78 is 0. The Morgan fingerprint density at radius 2 is 2.19 bits per heavy atom. The molecule has 1 aliphatic carbocycles. The molecule has 0 bridgehead atoms. The van der Waals surface area contributed by atoms with E-state index in [9.17, 15) is 0 Å². The van der Waals surface area contributed by atoms with Gasteiger partial charge in [0.05, 0.1) is 0 Å². The topological polar surface area (TPSA) is 12.0 Å². The molecule has 1 aromatic carbocycles. The van der Waals surface area contributed by atoms with Gasteiger partial charge in [0.25, 0.3) is 0 Å². The average Bonchev–Trinajstić information content (AvgIpc) is 2.21. The number of hydrogen-bond donors (Lipinski definition) is 1. The third kappa shape index (κ3) is 3.08. The van der Waals surface area contributed by atoms with Gasteiger partial charge in [-0.2, -0.15) is 0 Å². The molecular formula is C15H23N. The summed E-state index contributed by atoms with van der Waals surface area (Å²) in [6.45, 7) is 2.17. The molecular weight excluding hydrogens is 194 g/mol. The summed E-state index contributed by atoms with van der Waals surface area (Å²) in [4.78, 5) is 0. The molecule has 1 fully saturated rings. The second-order valence-electron chi connectivity index (χ2n) is 5.21. The van der Waals surface area contributed by atoms with Crippen molar-refractivity contribution in [2.24, 2.45) is 5.92 Å². The first-order valence-electron chi connectivity index (χ1n) is 6.50. The SMILES string of the molecule is CNC(Cc1cccc(C)c1)CC1CCC1. The van der Waals surface area contributed by atoms with Crippen molar-refractivity contribution < 1.29 is 0 Å². The van der Waals surface area contributed by atoms with E-state index in [0.29, 0.717) is 6.04 Å². The van der Waals surface area contributed by atoms with Crippen LogP contribution < -0.4 is 5.32 Å². The van der Waals surface area contributed by atoms with Crippen molar-refractivity contribution in [1.82, 2.24) is 5.32 Å². The second kappa shape index (κ2) is 5.49. The predicted octanol–water partition coefficient (Wildman–Crippen LogP) is 3.32. The normalized spacial score (nSPS) is 18.1. The lowest BCUT2D eigenvalue weighted by Gasteiger charge is -2.29. The minimum Gasteiger partial charge on any atom is -0.317 e. The lowest BCUT2D eigenvalue weighted by atomic mass is 9.80. The van der Waals surface area contributed by atoms with Crippen molar-refractivity contribution in [3.05, 3.63) is 35.4 Å². The van der Waals surface area contributed by atoms with Crippen LogP contribution in [0, 0.1) is 12.8 Å². The fourth-order valence-electron chi connectivity index (χ4n) is 2.56. The van der Waals surface area contributed by atoms with Crippen molar-refractivity contribution >= 4 is 0 Å². The van der Waals surface area contributed by atoms with Crippen LogP contribution in [0.3, 0.4) is 0 Å². The smallest absolute Gasteiger partial charge is 0.0107 e. The maximum atomic E-state index is 3.47. The van der Waals surface area contributed by atoms with Gasteiger partial charge < -0.3 is 5.32 Å². The Morgan fingerprint density at radius 3 is 2.75 bits per heavy atom. The minimum atomic E-state index is 0.659. The zero-order valence-electron chi connectivity index (χ0n) is 10.5. The highest BCUT2D eigenvalue weighted by atomic mass is 14.9. The first-order chi connectivity index (χ1) is 7.78. The number of rotatable bonds is 5. The minimum absolute atomic E-state index is 0.659. The Balaban J connectivity index is 1.89. The van der Waals surface area contributed by atoms with Crippen molar-refractivity contribution in [3.8, 4) is 0 Å². The predicted molar refractivity (Wildman–Crippen MR) is 69.7 cm³/mol. The zero-order valence-corrected chi connectivity index (χ0v) is 10.5. The largest absolute Gasteiger partial charge is 0.317 e. The van der Waals surface area contributed by atoms with Crippen molar-refractivity contribution in [1.29, 1.82) is 0 Å². The van der Waals surface area contributed by atoms with Crippen LogP contribution in [0.5, 0.6) is 0 Å². The van der Waals surface area contributed by atoms with Crippen LogP contribution in [-0.2, 0) is 6.42 Å². The molecule has 1 saturated carbocycles. The van der Waals surface area contributed by atoms with Gasteiger partial charge in [-0.1, -0.05) is 49.1 Å². The molecule has 1 aromatic rings. The third-order valence-corrected chi connectivity index (χ3v) is 3.82. The van der Waals surface area contributed by atoms with Crippen LogP contribution in [0.2, 0.25) is 0 Å². The van der Waals surface area contributed by atoms with E-state index in [-0.39, 0.29) is 0 Å². The molecule has 0 radical (unpaired) electrons. The van der Waals surface area contributed by atoms with E-state index in [0.717, 1.165) is 5.92 Å². The molecule has 1 nitrogen and oxygen atoms in total. The Morgan fingerprint density at radius 1 is 1.38 bits per heavy atom. The Bertz CT molecular complexity index is 328. The molecule has 1 atom stereocenters. The number of nitrogens with one attached hydrogen (secondary N) is 1. The van der Waals surface area contributed by atoms with Crippen LogP contribution in [0.25, 0.3) is 0 Å². The van der Waals surface area contributed by atoms with E-state index < -0.39 is 0 Å². The van der Waals surface area contributed by atoms with Gasteiger partial charge in [-0.15, -0.1) is 0 Å². The first-order valence-corrected chi connectivity index (χ1v) is 6.50. The molecule has 0 aromatic heterocycles. The quantitative estimate of drug-likeness (QED) is 0.798. The van der Waals surface area contributed by atoms with E-state index in [2.05, 4.69) is 43.6 Å². The molecule has 1 aliphatic rings. The Hall–Kier alpha value is -0.820. The molecule has 0 amide bonds. The standard InChI is InChI=1S/C15H23N/c1-12-5-3-8-14(9-12)11-15(16-2)10-13-6-4-7-13/h3,5,8-9,13,15-16H,4,6-7,10-11H2,1-2H3. The fraction of sp³-hybridized carbons (Fsp3) is 0.600. The average molecular weight is 217 g/mol. The Kier molecular flexibility index (Phi) is 4.00. The van der Waals surface area contributed by atoms with E-state index in [1.54, 1.807) is 0 Å². The van der Waals surface area contributed by atoms with Crippen LogP contribution in [-0.4, -0.2) is 13.1 Å². The highest BCUT2D eigenvalue weighted by Crippen LogP contribution is 2.31. The summed E-state index contributed by atoms with van der Waals surface area (Å²) in [7, 11) is 2.10. The number of aryl methyl sites for hydroxylation is 1. The van der Waals surface area contributed by atoms with Gasteiger partial charge in [0.1, 0.15) is 0 Å². The summed E-state index contributed by atoms with van der Waals surface area (Å²) in [5.41, 5.74) is 2.84. The number of hydrogen-bond acceptors (Lipinski definition) is 1. The number of benzene rings is 1. The third-order valence-electron chi connectivity index (χ3n) is 3.82.